The maximum absolute atomic E-state index is 12.7. The van der Waals surface area contributed by atoms with Crippen LogP contribution in [0.4, 0.5) is 14.7 Å². The van der Waals surface area contributed by atoms with Crippen LogP contribution in [0.5, 0.6) is 11.5 Å². The second-order valence-corrected chi connectivity index (χ2v) is 7.62. The number of imidazole rings is 1. The van der Waals surface area contributed by atoms with Gasteiger partial charge in [0.15, 0.2) is 0 Å². The molecule has 0 fully saturated rings. The summed E-state index contributed by atoms with van der Waals surface area (Å²) >= 11 is 0. The van der Waals surface area contributed by atoms with Gasteiger partial charge in [-0.2, -0.15) is 8.78 Å². The normalized spacial score (nSPS) is 11.4. The fraction of sp³-hybridized carbons (Fsp3) is 0.273. The van der Waals surface area contributed by atoms with E-state index in [0.717, 1.165) is 11.4 Å². The maximum atomic E-state index is 12.7. The Labute approximate surface area is 173 Å². The number of aromatic nitrogens is 2. The first-order chi connectivity index (χ1) is 14.2. The molecule has 30 heavy (non-hydrogen) atoms. The summed E-state index contributed by atoms with van der Waals surface area (Å²) < 4.78 is 35.9. The number of carbonyl (C=O) groups is 1. The SMILES string of the molecule is COc1ccc(-n2cc(C(C)(C)C)nc2NC(=O)c2ccc(OC(F)F)cc2)cc1. The molecule has 1 heterocycles. The Hall–Kier alpha value is -3.42. The second-order valence-electron chi connectivity index (χ2n) is 7.62. The van der Waals surface area contributed by atoms with Crippen LogP contribution >= 0.6 is 0 Å². The van der Waals surface area contributed by atoms with Crippen molar-refractivity contribution in [3.8, 4) is 17.2 Å². The third-order valence-electron chi connectivity index (χ3n) is 4.39. The fourth-order valence-electron chi connectivity index (χ4n) is 2.73. The number of anilines is 1. The van der Waals surface area contributed by atoms with Crippen LogP contribution in [0.2, 0.25) is 0 Å². The van der Waals surface area contributed by atoms with Crippen LogP contribution in [0.1, 0.15) is 36.8 Å². The Morgan fingerprint density at radius 3 is 2.17 bits per heavy atom. The first kappa shape index (κ1) is 21.3. The molecule has 6 nitrogen and oxygen atoms in total. The third kappa shape index (κ3) is 4.94. The molecule has 158 valence electrons. The number of rotatable bonds is 6. The van der Waals surface area contributed by atoms with Gasteiger partial charge >= 0.3 is 6.61 Å². The number of nitrogens with one attached hydrogen (secondary N) is 1. The Morgan fingerprint density at radius 2 is 1.63 bits per heavy atom. The van der Waals surface area contributed by atoms with Crippen molar-refractivity contribution in [3.63, 3.8) is 0 Å². The molecule has 3 rings (SSSR count). The van der Waals surface area contributed by atoms with E-state index in [1.807, 2.05) is 51.2 Å². The topological polar surface area (TPSA) is 65.4 Å². The number of halogens is 2. The van der Waals surface area contributed by atoms with Gasteiger partial charge in [0.2, 0.25) is 5.95 Å². The number of amides is 1. The van der Waals surface area contributed by atoms with Gasteiger partial charge in [-0.25, -0.2) is 4.98 Å². The quantitative estimate of drug-likeness (QED) is 0.613. The van der Waals surface area contributed by atoms with Crippen LogP contribution in [-0.4, -0.2) is 29.2 Å². The van der Waals surface area contributed by atoms with Gasteiger partial charge in [-0.3, -0.25) is 14.7 Å². The first-order valence-electron chi connectivity index (χ1n) is 9.28. The standard InChI is InChI=1S/C22H23F2N3O3/c1-22(2,3)18-13-27(15-7-11-16(29-4)12-8-15)21(25-18)26-19(28)14-5-9-17(10-6-14)30-20(23)24/h5-13,20H,1-4H3,(H,25,26,28). The lowest BCUT2D eigenvalue weighted by Crippen LogP contribution is -2.16. The minimum absolute atomic E-state index is 0.0173. The van der Waals surface area contributed by atoms with Crippen LogP contribution in [0.3, 0.4) is 0 Å². The summed E-state index contributed by atoms with van der Waals surface area (Å²) in [6.45, 7) is 3.17. The maximum Gasteiger partial charge on any atom is 0.387 e. The van der Waals surface area contributed by atoms with E-state index in [4.69, 9.17) is 4.74 Å². The van der Waals surface area contributed by atoms with E-state index < -0.39 is 12.5 Å². The molecule has 0 aliphatic carbocycles. The van der Waals surface area contributed by atoms with Crippen molar-refractivity contribution in [1.29, 1.82) is 0 Å². The van der Waals surface area contributed by atoms with Gasteiger partial charge in [-0.05, 0) is 48.5 Å². The van der Waals surface area contributed by atoms with Gasteiger partial charge < -0.3 is 9.47 Å². The molecule has 0 aliphatic heterocycles. The molecule has 0 unspecified atom stereocenters. The highest BCUT2D eigenvalue weighted by atomic mass is 19.3. The van der Waals surface area contributed by atoms with E-state index in [1.165, 1.54) is 24.3 Å². The number of alkyl halides is 2. The van der Waals surface area contributed by atoms with Crippen LogP contribution in [-0.2, 0) is 5.41 Å². The molecule has 0 radical (unpaired) electrons. The first-order valence-corrected chi connectivity index (χ1v) is 9.28. The molecule has 0 spiro atoms. The molecule has 1 aromatic heterocycles. The predicted molar refractivity (Wildman–Crippen MR) is 110 cm³/mol. The van der Waals surface area contributed by atoms with E-state index in [-0.39, 0.29) is 11.2 Å². The monoisotopic (exact) mass is 415 g/mol. The van der Waals surface area contributed by atoms with Crippen LogP contribution in [0, 0.1) is 0 Å². The molecular weight excluding hydrogens is 392 g/mol. The van der Waals surface area contributed by atoms with Gasteiger partial charge in [0.05, 0.1) is 12.8 Å². The van der Waals surface area contributed by atoms with Crippen molar-refractivity contribution in [2.75, 3.05) is 12.4 Å². The van der Waals surface area contributed by atoms with E-state index in [9.17, 15) is 13.6 Å². The Kier molecular flexibility index (Phi) is 6.05. The van der Waals surface area contributed by atoms with E-state index in [2.05, 4.69) is 15.0 Å². The van der Waals surface area contributed by atoms with E-state index in [0.29, 0.717) is 17.3 Å². The largest absolute Gasteiger partial charge is 0.497 e. The average molecular weight is 415 g/mol. The zero-order valence-corrected chi connectivity index (χ0v) is 17.1. The zero-order valence-electron chi connectivity index (χ0n) is 17.1. The van der Waals surface area contributed by atoms with Crippen molar-refractivity contribution in [3.05, 3.63) is 66.0 Å². The summed E-state index contributed by atoms with van der Waals surface area (Å²) in [5.41, 5.74) is 1.66. The molecule has 0 aliphatic rings. The molecule has 0 saturated carbocycles. The molecule has 1 N–H and O–H groups in total. The smallest absolute Gasteiger partial charge is 0.387 e. The summed E-state index contributed by atoms with van der Waals surface area (Å²) in [5.74, 6) is 0.630. The molecule has 0 bridgehead atoms. The van der Waals surface area contributed by atoms with Crippen LogP contribution in [0.25, 0.3) is 5.69 Å². The number of ether oxygens (including phenoxy) is 2. The van der Waals surface area contributed by atoms with Crippen molar-refractivity contribution < 1.29 is 23.0 Å². The zero-order chi connectivity index (χ0) is 21.9. The number of nitrogens with zero attached hydrogens (tertiary/aromatic N) is 2. The highest BCUT2D eigenvalue weighted by molar-refractivity contribution is 6.03. The lowest BCUT2D eigenvalue weighted by Gasteiger charge is -2.14. The highest BCUT2D eigenvalue weighted by Gasteiger charge is 2.22. The molecule has 0 saturated heterocycles. The predicted octanol–water partition coefficient (Wildman–Crippen LogP) is 5.03. The van der Waals surface area contributed by atoms with Gasteiger partial charge in [-0.15, -0.1) is 0 Å². The number of hydrogen-bond donors (Lipinski definition) is 1. The number of carbonyl (C=O) groups excluding carboxylic acids is 1. The minimum Gasteiger partial charge on any atom is -0.497 e. The van der Waals surface area contributed by atoms with Gasteiger partial charge in [-0.1, -0.05) is 20.8 Å². The van der Waals surface area contributed by atoms with Gasteiger partial charge in [0.1, 0.15) is 11.5 Å². The minimum atomic E-state index is -2.92. The Morgan fingerprint density at radius 1 is 1.03 bits per heavy atom. The second kappa shape index (κ2) is 8.52. The summed E-state index contributed by atoms with van der Waals surface area (Å²) in [7, 11) is 1.59. The third-order valence-corrected chi connectivity index (χ3v) is 4.39. The summed E-state index contributed by atoms with van der Waals surface area (Å²) in [4.78, 5) is 17.3. The molecule has 0 atom stereocenters. The summed E-state index contributed by atoms with van der Waals surface area (Å²) in [5, 5.41) is 2.80. The van der Waals surface area contributed by atoms with Crippen molar-refractivity contribution in [2.45, 2.75) is 32.8 Å². The van der Waals surface area contributed by atoms with Gasteiger partial charge in [0.25, 0.3) is 5.91 Å². The summed E-state index contributed by atoms with van der Waals surface area (Å²) in [6.07, 6.45) is 1.87. The number of hydrogen-bond acceptors (Lipinski definition) is 4. The summed E-state index contributed by atoms with van der Waals surface area (Å²) in [6, 6.07) is 12.8. The highest BCUT2D eigenvalue weighted by Crippen LogP contribution is 2.27. The van der Waals surface area contributed by atoms with Crippen LogP contribution < -0.4 is 14.8 Å². The van der Waals surface area contributed by atoms with Gasteiger partial charge in [0, 0.05) is 22.9 Å². The van der Waals surface area contributed by atoms with Crippen molar-refractivity contribution in [1.82, 2.24) is 9.55 Å². The molecular formula is C22H23F2N3O3. The molecule has 2 aromatic carbocycles. The van der Waals surface area contributed by atoms with E-state index in [1.54, 1.807) is 11.7 Å². The number of methoxy groups -OCH3 is 1. The van der Waals surface area contributed by atoms with E-state index >= 15 is 0 Å². The Bertz CT molecular complexity index is 1010. The molecule has 1 amide bonds. The van der Waals surface area contributed by atoms with Crippen molar-refractivity contribution >= 4 is 11.9 Å². The molecule has 3 aromatic rings. The van der Waals surface area contributed by atoms with Crippen LogP contribution in [0.15, 0.2) is 54.7 Å². The number of benzene rings is 2. The lowest BCUT2D eigenvalue weighted by molar-refractivity contribution is -0.0498. The average Bonchev–Trinajstić information content (AvgIpc) is 3.12. The molecule has 8 heteroatoms. The van der Waals surface area contributed by atoms with Crippen molar-refractivity contribution in [2.24, 2.45) is 0 Å². The fourth-order valence-corrected chi connectivity index (χ4v) is 2.73. The lowest BCUT2D eigenvalue weighted by atomic mass is 9.93. The Balaban J connectivity index is 1.90.